The number of fused-ring (bicyclic) bond motifs is 1. The molecule has 0 amide bonds. The van der Waals surface area contributed by atoms with Crippen molar-refractivity contribution in [2.45, 2.75) is 18.2 Å². The van der Waals surface area contributed by atoms with Crippen LogP contribution in [-0.4, -0.2) is 18.9 Å². The standard InChI is InChI=1S/C8H8N2O3S.Na/c1-2-7-6-3-5(14(11)12)4-9-8(6)13-10-7;/h3-4H,2H2,1H3,(H,11,12);/q;+1/p-1. The zero-order valence-electron chi connectivity index (χ0n) is 8.39. The van der Waals surface area contributed by atoms with Gasteiger partial charge in [-0.15, -0.1) is 0 Å². The summed E-state index contributed by atoms with van der Waals surface area (Å²) in [4.78, 5) is 4.00. The zero-order valence-corrected chi connectivity index (χ0v) is 11.2. The maximum atomic E-state index is 10.7. The first-order valence-corrected chi connectivity index (χ1v) is 5.13. The molecular formula is C8H7N2NaO3S. The normalized spacial score (nSPS) is 12.4. The topological polar surface area (TPSA) is 79.0 Å². The predicted molar refractivity (Wildman–Crippen MR) is 48.4 cm³/mol. The fourth-order valence-corrected chi connectivity index (χ4v) is 1.56. The van der Waals surface area contributed by atoms with E-state index in [9.17, 15) is 8.76 Å². The molecule has 0 aliphatic carbocycles. The molecule has 74 valence electrons. The molecule has 0 aliphatic heterocycles. The Balaban J connectivity index is 0.00000112. The Labute approximate surface area is 111 Å². The van der Waals surface area contributed by atoms with Crippen LogP contribution in [0.5, 0.6) is 0 Å². The molecule has 0 aliphatic rings. The van der Waals surface area contributed by atoms with E-state index in [1.165, 1.54) is 12.3 Å². The average molecular weight is 234 g/mol. The third-order valence-corrected chi connectivity index (χ3v) is 2.51. The Morgan fingerprint density at radius 3 is 2.93 bits per heavy atom. The fourth-order valence-electron chi connectivity index (χ4n) is 1.21. The van der Waals surface area contributed by atoms with E-state index in [1.807, 2.05) is 6.92 Å². The van der Waals surface area contributed by atoms with Crippen molar-refractivity contribution in [2.75, 3.05) is 0 Å². The van der Waals surface area contributed by atoms with Crippen molar-refractivity contribution in [1.82, 2.24) is 10.1 Å². The van der Waals surface area contributed by atoms with Crippen molar-refractivity contribution >= 4 is 22.2 Å². The molecule has 2 aromatic rings. The van der Waals surface area contributed by atoms with Crippen molar-refractivity contribution in [3.63, 3.8) is 0 Å². The summed E-state index contributed by atoms with van der Waals surface area (Å²) in [7, 11) is 0. The Hall–Kier alpha value is -0.270. The molecule has 0 saturated carbocycles. The van der Waals surface area contributed by atoms with E-state index < -0.39 is 11.1 Å². The predicted octanol–water partition coefficient (Wildman–Crippen LogP) is -1.97. The van der Waals surface area contributed by atoms with E-state index in [4.69, 9.17) is 4.52 Å². The van der Waals surface area contributed by atoms with Gasteiger partial charge in [-0.1, -0.05) is 12.1 Å². The van der Waals surface area contributed by atoms with Crippen LogP contribution in [0.25, 0.3) is 11.1 Å². The number of aromatic nitrogens is 2. The third-order valence-electron chi connectivity index (χ3n) is 1.91. The molecule has 0 spiro atoms. The zero-order chi connectivity index (χ0) is 10.1. The number of hydrogen-bond donors (Lipinski definition) is 0. The van der Waals surface area contributed by atoms with Crippen LogP contribution < -0.4 is 29.6 Å². The molecule has 0 N–H and O–H groups in total. The van der Waals surface area contributed by atoms with Crippen molar-refractivity contribution in [3.8, 4) is 0 Å². The second-order valence-electron chi connectivity index (χ2n) is 2.74. The maximum Gasteiger partial charge on any atom is 1.00 e. The molecule has 2 aromatic heterocycles. The summed E-state index contributed by atoms with van der Waals surface area (Å²) in [6, 6.07) is 1.51. The first-order chi connectivity index (χ1) is 6.72. The number of aryl methyl sites for hydroxylation is 1. The fraction of sp³-hybridized carbons (Fsp3) is 0.250. The summed E-state index contributed by atoms with van der Waals surface area (Å²) in [5, 5.41) is 4.44. The molecule has 15 heavy (non-hydrogen) atoms. The summed E-state index contributed by atoms with van der Waals surface area (Å²) in [6.07, 6.45) is 1.93. The molecule has 0 aromatic carbocycles. The van der Waals surface area contributed by atoms with Crippen LogP contribution in [0, 0.1) is 0 Å². The van der Waals surface area contributed by atoms with Gasteiger partial charge in [0, 0.05) is 11.1 Å². The van der Waals surface area contributed by atoms with Crippen LogP contribution >= 0.6 is 0 Å². The van der Waals surface area contributed by atoms with Gasteiger partial charge in [0.2, 0.25) is 0 Å². The van der Waals surface area contributed by atoms with Gasteiger partial charge in [-0.05, 0) is 23.6 Å². The van der Waals surface area contributed by atoms with Crippen LogP contribution in [0.3, 0.4) is 0 Å². The molecule has 2 heterocycles. The molecule has 0 radical (unpaired) electrons. The van der Waals surface area contributed by atoms with Crippen LogP contribution in [-0.2, 0) is 17.5 Å². The van der Waals surface area contributed by atoms with Gasteiger partial charge in [0.05, 0.1) is 11.1 Å². The molecule has 0 bridgehead atoms. The summed E-state index contributed by atoms with van der Waals surface area (Å²) in [5.41, 5.74) is 1.09. The Morgan fingerprint density at radius 1 is 1.60 bits per heavy atom. The second-order valence-corrected chi connectivity index (χ2v) is 3.68. The molecular weight excluding hydrogens is 227 g/mol. The number of hydrogen-bond acceptors (Lipinski definition) is 5. The SMILES string of the molecule is CCc1noc2ncc(S(=O)[O-])cc12.[Na+]. The first kappa shape index (κ1) is 12.8. The maximum absolute atomic E-state index is 10.7. The Morgan fingerprint density at radius 2 is 2.33 bits per heavy atom. The smallest absolute Gasteiger partial charge is 0.768 e. The molecule has 1 unspecified atom stereocenters. The third kappa shape index (κ3) is 2.46. The van der Waals surface area contributed by atoms with Crippen molar-refractivity contribution in [3.05, 3.63) is 18.0 Å². The van der Waals surface area contributed by atoms with E-state index >= 15 is 0 Å². The van der Waals surface area contributed by atoms with Gasteiger partial charge < -0.3 is 9.08 Å². The van der Waals surface area contributed by atoms with Gasteiger partial charge in [0.1, 0.15) is 0 Å². The quantitative estimate of drug-likeness (QED) is 0.445. The van der Waals surface area contributed by atoms with Crippen LogP contribution in [0.1, 0.15) is 12.6 Å². The Bertz CT molecular complexity index is 500. The number of pyridine rings is 1. The summed E-state index contributed by atoms with van der Waals surface area (Å²) in [5.74, 6) is 0. The molecule has 7 heteroatoms. The second kappa shape index (κ2) is 5.18. The number of nitrogens with zero attached hydrogens (tertiary/aromatic N) is 2. The van der Waals surface area contributed by atoms with Crippen LogP contribution in [0.15, 0.2) is 21.7 Å². The minimum atomic E-state index is -2.26. The largest absolute Gasteiger partial charge is 1.00 e. The van der Waals surface area contributed by atoms with Crippen molar-refractivity contribution < 1.29 is 42.8 Å². The van der Waals surface area contributed by atoms with Gasteiger partial charge in [-0.25, -0.2) is 4.98 Å². The van der Waals surface area contributed by atoms with Crippen molar-refractivity contribution in [2.24, 2.45) is 0 Å². The average Bonchev–Trinajstić information content (AvgIpc) is 2.59. The van der Waals surface area contributed by atoms with E-state index in [2.05, 4.69) is 10.1 Å². The van der Waals surface area contributed by atoms with Crippen LogP contribution in [0.4, 0.5) is 0 Å². The molecule has 1 atom stereocenters. The first-order valence-electron chi connectivity index (χ1n) is 4.06. The Kier molecular flexibility index (Phi) is 4.42. The minimum Gasteiger partial charge on any atom is -0.768 e. The van der Waals surface area contributed by atoms with Gasteiger partial charge in [-0.2, -0.15) is 0 Å². The van der Waals surface area contributed by atoms with Gasteiger partial charge >= 0.3 is 29.6 Å². The number of rotatable bonds is 2. The monoisotopic (exact) mass is 234 g/mol. The van der Waals surface area contributed by atoms with E-state index in [0.717, 1.165) is 5.69 Å². The molecule has 2 rings (SSSR count). The molecule has 0 saturated heterocycles. The summed E-state index contributed by atoms with van der Waals surface area (Å²) in [6.45, 7) is 1.91. The summed E-state index contributed by atoms with van der Waals surface area (Å²) < 4.78 is 26.3. The molecule has 5 nitrogen and oxygen atoms in total. The molecule has 0 fully saturated rings. The van der Waals surface area contributed by atoms with E-state index in [1.54, 1.807) is 0 Å². The summed E-state index contributed by atoms with van der Waals surface area (Å²) >= 11 is -2.26. The van der Waals surface area contributed by atoms with Crippen molar-refractivity contribution in [1.29, 1.82) is 0 Å². The van der Waals surface area contributed by atoms with E-state index in [-0.39, 0.29) is 34.5 Å². The van der Waals surface area contributed by atoms with Gasteiger partial charge in [-0.3, -0.25) is 4.21 Å². The minimum absolute atomic E-state index is 0. The van der Waals surface area contributed by atoms with Gasteiger partial charge in [0.25, 0.3) is 5.71 Å². The van der Waals surface area contributed by atoms with E-state index in [0.29, 0.717) is 17.5 Å². The van der Waals surface area contributed by atoms with Gasteiger partial charge in [0.15, 0.2) is 0 Å². The van der Waals surface area contributed by atoms with Crippen LogP contribution in [0.2, 0.25) is 0 Å².